The first-order valence-corrected chi connectivity index (χ1v) is 9.10. The molecular formula is C24H17N3O2. The first kappa shape index (κ1) is 18.3. The lowest BCUT2D eigenvalue weighted by Gasteiger charge is -2.09. The number of nitrogens with zero attached hydrogens (tertiary/aromatic N) is 3. The predicted molar refractivity (Wildman–Crippen MR) is 113 cm³/mol. The third kappa shape index (κ3) is 4.09. The minimum Gasteiger partial charge on any atom is -0.288 e. The highest BCUT2D eigenvalue weighted by atomic mass is 16.2. The lowest BCUT2D eigenvalue weighted by molar-refractivity contribution is 0.103. The van der Waals surface area contributed by atoms with E-state index in [0.717, 1.165) is 10.2 Å². The second-order valence-electron chi connectivity index (χ2n) is 6.35. The number of hydrogen-bond donors (Lipinski definition) is 0. The van der Waals surface area contributed by atoms with Gasteiger partial charge in [0.05, 0.1) is 17.5 Å². The third-order valence-corrected chi connectivity index (χ3v) is 4.37. The second-order valence-corrected chi connectivity index (χ2v) is 6.35. The van der Waals surface area contributed by atoms with Gasteiger partial charge in [-0.2, -0.15) is 14.8 Å². The zero-order valence-electron chi connectivity index (χ0n) is 15.5. The molecule has 0 saturated carbocycles. The van der Waals surface area contributed by atoms with Crippen molar-refractivity contribution in [3.05, 3.63) is 124 Å². The van der Waals surface area contributed by atoms with Gasteiger partial charge in [-0.25, -0.2) is 4.79 Å². The molecule has 0 spiro atoms. The number of carbonyl (C=O) groups is 1. The van der Waals surface area contributed by atoms with Crippen molar-refractivity contribution in [3.63, 3.8) is 0 Å². The fourth-order valence-electron chi connectivity index (χ4n) is 2.92. The molecule has 0 amide bonds. The molecule has 0 unspecified atom stereocenters. The summed E-state index contributed by atoms with van der Waals surface area (Å²) >= 11 is 0. The second kappa shape index (κ2) is 8.27. The molecule has 5 heteroatoms. The summed E-state index contributed by atoms with van der Waals surface area (Å²) in [4.78, 5) is 29.9. The molecule has 0 saturated heterocycles. The molecule has 140 valence electrons. The average Bonchev–Trinajstić information content (AvgIpc) is 2.79. The van der Waals surface area contributed by atoms with E-state index in [0.29, 0.717) is 22.4 Å². The molecule has 0 aliphatic heterocycles. The summed E-state index contributed by atoms with van der Waals surface area (Å²) in [6.07, 6.45) is 3.01. The molecule has 0 atom stereocenters. The smallest absolute Gasteiger partial charge is 0.288 e. The van der Waals surface area contributed by atoms with Crippen LogP contribution >= 0.6 is 0 Å². The van der Waals surface area contributed by atoms with Crippen LogP contribution in [0.4, 0.5) is 0 Å². The summed E-state index contributed by atoms with van der Waals surface area (Å²) in [6.45, 7) is 0. The normalized spacial score (nSPS) is 10.9. The molecule has 0 bridgehead atoms. The molecule has 0 aliphatic rings. The molecule has 3 aromatic carbocycles. The molecule has 1 heterocycles. The lowest BCUT2D eigenvalue weighted by atomic mass is 9.99. The Bertz CT molecular complexity index is 1220. The highest BCUT2D eigenvalue weighted by molar-refractivity contribution is 6.12. The van der Waals surface area contributed by atoms with Crippen LogP contribution in [-0.4, -0.2) is 21.7 Å². The Balaban J connectivity index is 1.84. The van der Waals surface area contributed by atoms with Crippen molar-refractivity contribution >= 4 is 12.0 Å². The van der Waals surface area contributed by atoms with Crippen molar-refractivity contribution in [2.24, 2.45) is 5.10 Å². The van der Waals surface area contributed by atoms with E-state index in [1.165, 1.54) is 6.20 Å². The Morgan fingerprint density at radius 3 is 2.07 bits per heavy atom. The Kier molecular flexibility index (Phi) is 5.21. The number of hydrogen-bond acceptors (Lipinski definition) is 4. The summed E-state index contributed by atoms with van der Waals surface area (Å²) in [5, 5.41) is 4.21. The van der Waals surface area contributed by atoms with E-state index in [1.54, 1.807) is 30.5 Å². The van der Waals surface area contributed by atoms with Crippen LogP contribution in [0.2, 0.25) is 0 Å². The number of ketones is 1. The Labute approximate surface area is 167 Å². The van der Waals surface area contributed by atoms with E-state index in [9.17, 15) is 9.59 Å². The molecule has 4 aromatic rings. The van der Waals surface area contributed by atoms with Crippen LogP contribution in [-0.2, 0) is 0 Å². The van der Waals surface area contributed by atoms with Crippen molar-refractivity contribution in [1.29, 1.82) is 0 Å². The van der Waals surface area contributed by atoms with Gasteiger partial charge in [0.1, 0.15) is 0 Å². The molecule has 29 heavy (non-hydrogen) atoms. The summed E-state index contributed by atoms with van der Waals surface area (Å²) in [5.41, 5.74) is 2.15. The van der Waals surface area contributed by atoms with Gasteiger partial charge in [0.15, 0.2) is 5.78 Å². The van der Waals surface area contributed by atoms with Gasteiger partial charge in [0.2, 0.25) is 0 Å². The lowest BCUT2D eigenvalue weighted by Crippen LogP contribution is -2.23. The number of benzene rings is 3. The highest BCUT2D eigenvalue weighted by Crippen LogP contribution is 2.22. The van der Waals surface area contributed by atoms with Crippen LogP contribution in [0.5, 0.6) is 0 Å². The van der Waals surface area contributed by atoms with Crippen molar-refractivity contribution in [3.8, 4) is 11.3 Å². The quantitative estimate of drug-likeness (QED) is 0.389. The largest absolute Gasteiger partial charge is 0.368 e. The van der Waals surface area contributed by atoms with Crippen LogP contribution in [0.15, 0.2) is 107 Å². The maximum Gasteiger partial charge on any atom is 0.368 e. The van der Waals surface area contributed by atoms with Gasteiger partial charge in [-0.15, -0.1) is 0 Å². The standard InChI is InChI=1S/C24H17N3O2/c28-23(20-14-8-3-9-15-20)21-17-27(25-16-18-10-4-1-5-11-18)24(29)26-22(21)19-12-6-2-7-13-19/h1-17H/b25-16+. The van der Waals surface area contributed by atoms with Crippen LogP contribution in [0.3, 0.4) is 0 Å². The summed E-state index contributed by atoms with van der Waals surface area (Å²) < 4.78 is 1.09. The minimum absolute atomic E-state index is 0.222. The third-order valence-electron chi connectivity index (χ3n) is 4.37. The number of rotatable bonds is 5. The molecule has 0 radical (unpaired) electrons. The van der Waals surface area contributed by atoms with Gasteiger partial charge in [-0.3, -0.25) is 4.79 Å². The van der Waals surface area contributed by atoms with Crippen molar-refractivity contribution < 1.29 is 4.79 Å². The first-order valence-electron chi connectivity index (χ1n) is 9.10. The molecule has 0 fully saturated rings. The van der Waals surface area contributed by atoms with E-state index in [1.807, 2.05) is 66.7 Å². The first-order chi connectivity index (χ1) is 14.2. The fourth-order valence-corrected chi connectivity index (χ4v) is 2.92. The van der Waals surface area contributed by atoms with Gasteiger partial charge >= 0.3 is 5.69 Å². The molecule has 5 nitrogen and oxygen atoms in total. The van der Waals surface area contributed by atoms with E-state index in [2.05, 4.69) is 10.1 Å². The van der Waals surface area contributed by atoms with Gasteiger partial charge in [-0.1, -0.05) is 91.0 Å². The Hall–Kier alpha value is -4.12. The van der Waals surface area contributed by atoms with Gasteiger partial charge < -0.3 is 0 Å². The van der Waals surface area contributed by atoms with E-state index in [-0.39, 0.29) is 5.78 Å². The Morgan fingerprint density at radius 2 is 1.41 bits per heavy atom. The van der Waals surface area contributed by atoms with Gasteiger partial charge in [0.25, 0.3) is 0 Å². The molecular weight excluding hydrogens is 362 g/mol. The van der Waals surface area contributed by atoms with Crippen LogP contribution in [0, 0.1) is 0 Å². The molecule has 0 N–H and O–H groups in total. The topological polar surface area (TPSA) is 64.3 Å². The zero-order valence-corrected chi connectivity index (χ0v) is 15.5. The fraction of sp³-hybridized carbons (Fsp3) is 0. The molecule has 4 rings (SSSR count). The monoisotopic (exact) mass is 379 g/mol. The van der Waals surface area contributed by atoms with Crippen LogP contribution < -0.4 is 5.69 Å². The average molecular weight is 379 g/mol. The molecule has 0 aliphatic carbocycles. The SMILES string of the molecule is O=C(c1ccccc1)c1cn(/N=C/c2ccccc2)c(=O)nc1-c1ccccc1. The van der Waals surface area contributed by atoms with Gasteiger partial charge in [-0.05, 0) is 5.56 Å². The van der Waals surface area contributed by atoms with E-state index >= 15 is 0 Å². The zero-order chi connectivity index (χ0) is 20.1. The van der Waals surface area contributed by atoms with Crippen molar-refractivity contribution in [2.75, 3.05) is 0 Å². The maximum absolute atomic E-state index is 13.2. The predicted octanol–water partition coefficient (Wildman–Crippen LogP) is 4.02. The maximum atomic E-state index is 13.2. The number of aromatic nitrogens is 2. The van der Waals surface area contributed by atoms with Crippen molar-refractivity contribution in [1.82, 2.24) is 9.66 Å². The van der Waals surface area contributed by atoms with Crippen molar-refractivity contribution in [2.45, 2.75) is 0 Å². The van der Waals surface area contributed by atoms with E-state index in [4.69, 9.17) is 0 Å². The summed E-state index contributed by atoms with van der Waals surface area (Å²) in [7, 11) is 0. The van der Waals surface area contributed by atoms with Crippen LogP contribution in [0.25, 0.3) is 11.3 Å². The summed E-state index contributed by atoms with van der Waals surface area (Å²) in [6, 6.07) is 27.5. The minimum atomic E-state index is -0.555. The Morgan fingerprint density at radius 1 is 0.828 bits per heavy atom. The highest BCUT2D eigenvalue weighted by Gasteiger charge is 2.18. The summed E-state index contributed by atoms with van der Waals surface area (Å²) in [5.74, 6) is -0.222. The number of carbonyl (C=O) groups excluding carboxylic acids is 1. The van der Waals surface area contributed by atoms with Gasteiger partial charge in [0, 0.05) is 17.3 Å². The molecule has 1 aromatic heterocycles. The van der Waals surface area contributed by atoms with E-state index < -0.39 is 5.69 Å². The van der Waals surface area contributed by atoms with Crippen LogP contribution in [0.1, 0.15) is 21.5 Å².